The standard InChI is InChI=1S/C28H27N3O5.CH4/c29-13-17-3-1-2-4-19(17)30-26(34)18-12-28(35)21-11-16-7-8-20(32)24-22(16)27(28,25(36-24)23(18)33)9-10-31(21)14-15-5-6-15;/h1-4,7-8,15,21,25,32-33,35H,5-6,9-12,14H2,(H,30,34);1H4/t21-,25+,27+,28-;/m1./s1. The predicted molar refractivity (Wildman–Crippen MR) is 136 cm³/mol. The summed E-state index contributed by atoms with van der Waals surface area (Å²) in [6, 6.07) is 12.0. The van der Waals surface area contributed by atoms with Crippen LogP contribution in [0.2, 0.25) is 0 Å². The highest BCUT2D eigenvalue weighted by Gasteiger charge is 2.73. The van der Waals surface area contributed by atoms with E-state index >= 15 is 0 Å². The zero-order valence-corrected chi connectivity index (χ0v) is 19.7. The summed E-state index contributed by atoms with van der Waals surface area (Å²) in [6.45, 7) is 1.66. The van der Waals surface area contributed by atoms with Gasteiger partial charge in [-0.15, -0.1) is 0 Å². The van der Waals surface area contributed by atoms with Crippen molar-refractivity contribution in [1.29, 1.82) is 5.26 Å². The van der Waals surface area contributed by atoms with Gasteiger partial charge in [0.25, 0.3) is 5.91 Å². The van der Waals surface area contributed by atoms with Crippen LogP contribution in [-0.2, 0) is 16.6 Å². The highest BCUT2D eigenvalue weighted by atomic mass is 16.5. The number of aromatic hydroxyl groups is 1. The number of phenols is 1. The molecule has 0 aromatic heterocycles. The lowest BCUT2D eigenvalue weighted by Gasteiger charge is -2.62. The van der Waals surface area contributed by atoms with Crippen molar-refractivity contribution in [2.75, 3.05) is 18.4 Å². The Morgan fingerprint density at radius 1 is 1.22 bits per heavy atom. The summed E-state index contributed by atoms with van der Waals surface area (Å²) in [5, 5.41) is 47.0. The summed E-state index contributed by atoms with van der Waals surface area (Å²) < 4.78 is 6.22. The summed E-state index contributed by atoms with van der Waals surface area (Å²) in [4.78, 5) is 15.9. The molecule has 0 radical (unpaired) electrons. The van der Waals surface area contributed by atoms with Gasteiger partial charge in [-0.1, -0.05) is 25.6 Å². The van der Waals surface area contributed by atoms with E-state index in [0.29, 0.717) is 35.8 Å². The molecule has 4 N–H and O–H groups in total. The molecule has 5 aliphatic rings. The van der Waals surface area contributed by atoms with E-state index in [4.69, 9.17) is 4.74 Å². The molecular formula is C29H31N3O5. The Morgan fingerprint density at radius 2 is 2.00 bits per heavy atom. The van der Waals surface area contributed by atoms with Gasteiger partial charge in [0.15, 0.2) is 17.6 Å². The maximum Gasteiger partial charge on any atom is 0.255 e. The van der Waals surface area contributed by atoms with Crippen LogP contribution in [0, 0.1) is 17.2 Å². The Morgan fingerprint density at radius 3 is 2.76 bits per heavy atom. The second-order valence-electron chi connectivity index (χ2n) is 10.9. The number of rotatable bonds is 4. The third-order valence-corrected chi connectivity index (χ3v) is 9.09. The maximum absolute atomic E-state index is 13.5. The fourth-order valence-corrected chi connectivity index (χ4v) is 7.26. The van der Waals surface area contributed by atoms with Gasteiger partial charge in [-0.25, -0.2) is 0 Å². The van der Waals surface area contributed by atoms with Crippen LogP contribution in [-0.4, -0.2) is 57.0 Å². The van der Waals surface area contributed by atoms with Gasteiger partial charge in [-0.05, 0) is 61.9 Å². The Hall–Kier alpha value is -3.54. The van der Waals surface area contributed by atoms with Crippen molar-refractivity contribution in [2.45, 2.75) is 62.7 Å². The molecule has 192 valence electrons. The molecule has 8 heteroatoms. The molecule has 37 heavy (non-hydrogen) atoms. The third kappa shape index (κ3) is 3.04. The molecule has 2 fully saturated rings. The van der Waals surface area contributed by atoms with Gasteiger partial charge in [0, 0.05) is 24.6 Å². The molecule has 7 rings (SSSR count). The monoisotopic (exact) mass is 501 g/mol. The number of likely N-dealkylation sites (tertiary alicyclic amines) is 1. The van der Waals surface area contributed by atoms with E-state index in [-0.39, 0.29) is 37.0 Å². The number of hydrogen-bond acceptors (Lipinski definition) is 7. The van der Waals surface area contributed by atoms with Crippen LogP contribution in [0.5, 0.6) is 11.5 Å². The number of benzene rings is 2. The Bertz CT molecular complexity index is 1390. The van der Waals surface area contributed by atoms with Crippen LogP contribution in [0.4, 0.5) is 5.69 Å². The van der Waals surface area contributed by atoms with Gasteiger partial charge < -0.3 is 25.4 Å². The molecule has 1 spiro atoms. The van der Waals surface area contributed by atoms with E-state index in [1.807, 2.05) is 6.07 Å². The number of ether oxygens (including phenoxy) is 1. The smallest absolute Gasteiger partial charge is 0.255 e. The number of nitrogens with one attached hydrogen (secondary N) is 1. The minimum absolute atomic E-state index is 0. The van der Waals surface area contributed by atoms with Crippen molar-refractivity contribution in [3.8, 4) is 17.6 Å². The number of carbonyl (C=O) groups excluding carboxylic acids is 1. The molecule has 2 heterocycles. The molecule has 2 aliphatic heterocycles. The summed E-state index contributed by atoms with van der Waals surface area (Å²) in [6.07, 6.45) is 2.50. The number of anilines is 1. The van der Waals surface area contributed by atoms with Crippen molar-refractivity contribution in [3.05, 3.63) is 64.4 Å². The first kappa shape index (κ1) is 23.8. The van der Waals surface area contributed by atoms with Crippen molar-refractivity contribution < 1.29 is 24.9 Å². The van der Waals surface area contributed by atoms with Crippen LogP contribution >= 0.6 is 0 Å². The van der Waals surface area contributed by atoms with Crippen LogP contribution in [0.15, 0.2) is 47.7 Å². The molecular weight excluding hydrogens is 470 g/mol. The number of nitriles is 1. The molecule has 1 saturated heterocycles. The second kappa shape index (κ2) is 7.98. The molecule has 2 aromatic rings. The number of aliphatic hydroxyl groups excluding tert-OH is 1. The minimum Gasteiger partial charge on any atom is -0.508 e. The first-order chi connectivity index (χ1) is 17.4. The molecule has 2 aromatic carbocycles. The number of amides is 1. The van der Waals surface area contributed by atoms with Gasteiger partial charge in [-0.3, -0.25) is 9.69 Å². The van der Waals surface area contributed by atoms with Gasteiger partial charge >= 0.3 is 0 Å². The summed E-state index contributed by atoms with van der Waals surface area (Å²) in [5.41, 5.74) is 0.179. The average molecular weight is 502 g/mol. The molecule has 2 bridgehead atoms. The minimum atomic E-state index is -1.37. The van der Waals surface area contributed by atoms with Crippen LogP contribution in [0.1, 0.15) is 49.8 Å². The van der Waals surface area contributed by atoms with Crippen molar-refractivity contribution in [1.82, 2.24) is 4.90 Å². The van der Waals surface area contributed by atoms with Gasteiger partial charge in [0.1, 0.15) is 11.8 Å². The van der Waals surface area contributed by atoms with Gasteiger partial charge in [0.2, 0.25) is 0 Å². The normalized spacial score (nSPS) is 31.0. The maximum atomic E-state index is 13.5. The lowest BCUT2D eigenvalue weighted by atomic mass is 9.49. The molecule has 1 saturated carbocycles. The SMILES string of the molecule is C.N#Cc1ccccc1NC(=O)C1=C(O)[C@@H]2Oc3c(O)ccc4c3[C@@]23CCN(CC2CC2)[C@H](C4)[C@]3(O)C1. The fraction of sp³-hybridized carbons (Fsp3) is 0.448. The molecule has 1 amide bonds. The molecule has 0 unspecified atom stereocenters. The van der Waals surface area contributed by atoms with Crippen molar-refractivity contribution >= 4 is 11.6 Å². The van der Waals surface area contributed by atoms with E-state index in [0.717, 1.165) is 24.2 Å². The zero-order chi connectivity index (χ0) is 24.8. The number of carbonyl (C=O) groups is 1. The van der Waals surface area contributed by atoms with E-state index in [9.17, 15) is 25.4 Å². The number of para-hydroxylation sites is 1. The van der Waals surface area contributed by atoms with E-state index in [1.54, 1.807) is 30.3 Å². The summed E-state index contributed by atoms with van der Waals surface area (Å²) in [5.74, 6) is 0.116. The predicted octanol–water partition coefficient (Wildman–Crippen LogP) is 3.52. The van der Waals surface area contributed by atoms with E-state index < -0.39 is 23.0 Å². The van der Waals surface area contributed by atoms with E-state index in [1.165, 1.54) is 12.8 Å². The van der Waals surface area contributed by atoms with Crippen molar-refractivity contribution in [3.63, 3.8) is 0 Å². The lowest BCUT2D eigenvalue weighted by molar-refractivity contribution is -0.172. The third-order valence-electron chi connectivity index (χ3n) is 9.09. The quantitative estimate of drug-likeness (QED) is 0.505. The molecule has 4 atom stereocenters. The van der Waals surface area contributed by atoms with Crippen LogP contribution < -0.4 is 10.1 Å². The number of hydrogen-bond donors (Lipinski definition) is 4. The average Bonchev–Trinajstić information content (AvgIpc) is 3.61. The highest BCUT2D eigenvalue weighted by molar-refractivity contribution is 6.05. The topological polar surface area (TPSA) is 126 Å². The molecule has 8 nitrogen and oxygen atoms in total. The number of phenolic OH excluding ortho intramolecular Hbond substituents is 1. The summed E-state index contributed by atoms with van der Waals surface area (Å²) >= 11 is 0. The Balaban J connectivity index is 0.00000252. The highest BCUT2D eigenvalue weighted by Crippen LogP contribution is 2.66. The fourth-order valence-electron chi connectivity index (χ4n) is 7.26. The van der Waals surface area contributed by atoms with E-state index in [2.05, 4.69) is 16.3 Å². The Labute approximate surface area is 215 Å². The van der Waals surface area contributed by atoms with Crippen LogP contribution in [0.3, 0.4) is 0 Å². The number of piperidine rings is 1. The van der Waals surface area contributed by atoms with Crippen molar-refractivity contribution in [2.24, 2.45) is 5.92 Å². The zero-order valence-electron chi connectivity index (χ0n) is 19.7. The second-order valence-corrected chi connectivity index (χ2v) is 10.9. The first-order valence-electron chi connectivity index (χ1n) is 12.6. The van der Waals surface area contributed by atoms with Crippen LogP contribution in [0.25, 0.3) is 0 Å². The van der Waals surface area contributed by atoms with Gasteiger partial charge in [0.05, 0.1) is 27.8 Å². The largest absolute Gasteiger partial charge is 0.508 e. The summed E-state index contributed by atoms with van der Waals surface area (Å²) in [7, 11) is 0. The first-order valence-corrected chi connectivity index (χ1v) is 12.6. The molecule has 3 aliphatic carbocycles. The van der Waals surface area contributed by atoms with Gasteiger partial charge in [-0.2, -0.15) is 5.26 Å². The number of nitrogens with zero attached hydrogens (tertiary/aromatic N) is 2. The number of aliphatic hydroxyl groups is 2. The lowest BCUT2D eigenvalue weighted by Crippen LogP contribution is -2.75. The Kier molecular flexibility index (Phi) is 5.14.